The first-order chi connectivity index (χ1) is 25.3. The maximum absolute atomic E-state index is 15.1. The molecular weight excluding hydrogens is 680 g/mol. The van der Waals surface area contributed by atoms with E-state index in [0.717, 1.165) is 23.0 Å². The fourth-order valence-corrected chi connectivity index (χ4v) is 6.57. The number of amides is 4. The van der Waals surface area contributed by atoms with Crippen LogP contribution in [0.3, 0.4) is 0 Å². The van der Waals surface area contributed by atoms with Crippen LogP contribution >= 0.6 is 0 Å². The van der Waals surface area contributed by atoms with Gasteiger partial charge in [-0.2, -0.15) is 5.10 Å². The molecule has 1 aliphatic rings. The lowest BCUT2D eigenvalue weighted by molar-refractivity contribution is -0.162. The molecule has 5 N–H and O–H groups in total. The van der Waals surface area contributed by atoms with Gasteiger partial charge in [0.15, 0.2) is 5.78 Å². The average Bonchev–Trinajstić information content (AvgIpc) is 3.34. The number of carbonyl (C=O) groups excluding carboxylic acids is 4. The highest BCUT2D eigenvalue weighted by molar-refractivity contribution is 6.24. The van der Waals surface area contributed by atoms with Crippen molar-refractivity contribution in [3.05, 3.63) is 126 Å². The number of carbonyl (C=O) groups is 6. The molecular formula is C39H38N6O8. The van der Waals surface area contributed by atoms with Gasteiger partial charge in [-0.1, -0.05) is 97.1 Å². The second-order valence-electron chi connectivity index (χ2n) is 12.5. The predicted molar refractivity (Wildman–Crippen MR) is 195 cm³/mol. The number of benzene rings is 4. The lowest BCUT2D eigenvalue weighted by Crippen LogP contribution is -2.74. The van der Waals surface area contributed by atoms with E-state index in [1.807, 2.05) is 42.5 Å². The van der Waals surface area contributed by atoms with Crippen LogP contribution in [0.5, 0.6) is 0 Å². The van der Waals surface area contributed by atoms with Gasteiger partial charge in [0.05, 0.1) is 18.7 Å². The zero-order valence-electron chi connectivity index (χ0n) is 29.2. The summed E-state index contributed by atoms with van der Waals surface area (Å²) in [5.41, 5.74) is -2.18. The number of Topliss-reactive ketones (excluding diaryl/α,β-unsaturated/α-hetero) is 1. The summed E-state index contributed by atoms with van der Waals surface area (Å²) in [6, 6.07) is 27.5. The van der Waals surface area contributed by atoms with Crippen LogP contribution in [-0.2, 0) is 36.1 Å². The molecule has 0 aromatic heterocycles. The van der Waals surface area contributed by atoms with E-state index in [-0.39, 0.29) is 17.8 Å². The van der Waals surface area contributed by atoms with Gasteiger partial charge in [-0.25, -0.2) is 14.5 Å². The number of carboxylic acids is 2. The third-order valence-electron chi connectivity index (χ3n) is 9.38. The molecule has 0 radical (unpaired) electrons. The van der Waals surface area contributed by atoms with Crippen LogP contribution in [0.1, 0.15) is 37.0 Å². The number of rotatable bonds is 14. The Labute approximate surface area is 305 Å². The number of nitrogens with two attached hydrogens (primary N) is 1. The lowest BCUT2D eigenvalue weighted by Gasteiger charge is -2.44. The highest BCUT2D eigenvalue weighted by Gasteiger charge is 2.69. The number of likely N-dealkylation sites (N-methyl/N-ethyl adjacent to an activating group) is 1. The lowest BCUT2D eigenvalue weighted by atomic mass is 9.88. The third-order valence-corrected chi connectivity index (χ3v) is 9.38. The van der Waals surface area contributed by atoms with E-state index < -0.39 is 59.2 Å². The van der Waals surface area contributed by atoms with Gasteiger partial charge in [-0.3, -0.25) is 24.1 Å². The van der Waals surface area contributed by atoms with E-state index >= 15 is 4.79 Å². The minimum Gasteiger partial charge on any atom is -0.481 e. The summed E-state index contributed by atoms with van der Waals surface area (Å²) >= 11 is 0. The SMILES string of the molecule is CNC(CC(=O)O)C(=O)N(c1ccccc1)[C@](C(C)=O)(C(=O)O)N1C(=O)N(Cc2ccc(-c3ccccc3)cc2)[C@](C)(c2ccc(C=NN)cc2)C1=O. The van der Waals surface area contributed by atoms with Crippen LogP contribution < -0.4 is 16.1 Å². The third kappa shape index (κ3) is 6.74. The highest BCUT2D eigenvalue weighted by Crippen LogP contribution is 2.44. The number of hydrazone groups is 1. The summed E-state index contributed by atoms with van der Waals surface area (Å²) in [7, 11) is 1.29. The molecule has 14 heteroatoms. The first-order valence-electron chi connectivity index (χ1n) is 16.5. The van der Waals surface area contributed by atoms with Gasteiger partial charge in [0.2, 0.25) is 5.91 Å². The molecule has 272 valence electrons. The number of nitrogens with zero attached hydrogens (tertiary/aromatic N) is 4. The molecule has 4 aromatic rings. The molecule has 3 atom stereocenters. The molecule has 53 heavy (non-hydrogen) atoms. The van der Waals surface area contributed by atoms with Crippen LogP contribution in [-0.4, -0.2) is 80.5 Å². The maximum Gasteiger partial charge on any atom is 0.360 e. The van der Waals surface area contributed by atoms with Crippen molar-refractivity contribution < 1.29 is 39.0 Å². The van der Waals surface area contributed by atoms with Crippen LogP contribution in [0, 0.1) is 0 Å². The molecule has 0 aliphatic carbocycles. The largest absolute Gasteiger partial charge is 0.481 e. The number of hydrogen-bond donors (Lipinski definition) is 4. The minimum absolute atomic E-state index is 0.177. The first-order valence-corrected chi connectivity index (χ1v) is 16.5. The number of anilines is 1. The van der Waals surface area contributed by atoms with Crippen molar-refractivity contribution in [1.82, 2.24) is 15.1 Å². The van der Waals surface area contributed by atoms with Gasteiger partial charge in [-0.15, -0.1) is 0 Å². The quantitative estimate of drug-likeness (QED) is 0.0488. The number of nitrogens with one attached hydrogen (secondary N) is 1. The minimum atomic E-state index is -3.31. The number of aliphatic carboxylic acids is 2. The molecule has 1 fully saturated rings. The Morgan fingerprint density at radius 1 is 0.887 bits per heavy atom. The normalized spacial score (nSPS) is 17.4. The van der Waals surface area contributed by atoms with Gasteiger partial charge in [-0.05, 0) is 60.8 Å². The Hall–Kier alpha value is -6.67. The Morgan fingerprint density at radius 2 is 1.45 bits per heavy atom. The molecule has 4 amide bonds. The molecule has 5 rings (SSSR count). The predicted octanol–water partition coefficient (Wildman–Crippen LogP) is 3.79. The number of hydrogen-bond acceptors (Lipinski definition) is 9. The fraction of sp³-hybridized carbons (Fsp3) is 0.205. The molecule has 0 spiro atoms. The van der Waals surface area contributed by atoms with E-state index in [1.165, 1.54) is 44.5 Å². The second kappa shape index (κ2) is 15.3. The molecule has 1 unspecified atom stereocenters. The van der Waals surface area contributed by atoms with Crippen molar-refractivity contribution in [1.29, 1.82) is 0 Å². The van der Waals surface area contributed by atoms with Crippen molar-refractivity contribution in [3.63, 3.8) is 0 Å². The van der Waals surface area contributed by atoms with Crippen molar-refractivity contribution in [2.75, 3.05) is 11.9 Å². The first kappa shape index (κ1) is 37.6. The monoisotopic (exact) mass is 718 g/mol. The second-order valence-corrected chi connectivity index (χ2v) is 12.5. The molecule has 1 aliphatic heterocycles. The van der Waals surface area contributed by atoms with Crippen LogP contribution in [0.4, 0.5) is 10.5 Å². The number of carboxylic acid groups (broad SMARTS) is 2. The average molecular weight is 719 g/mol. The zero-order valence-corrected chi connectivity index (χ0v) is 29.2. The van der Waals surface area contributed by atoms with Crippen molar-refractivity contribution in [2.24, 2.45) is 10.9 Å². The molecule has 0 saturated carbocycles. The smallest absolute Gasteiger partial charge is 0.360 e. The molecule has 14 nitrogen and oxygen atoms in total. The van der Waals surface area contributed by atoms with Crippen molar-refractivity contribution in [3.8, 4) is 11.1 Å². The molecule has 1 heterocycles. The van der Waals surface area contributed by atoms with E-state index in [9.17, 15) is 34.2 Å². The summed E-state index contributed by atoms with van der Waals surface area (Å²) in [6.07, 6.45) is 0.561. The summed E-state index contributed by atoms with van der Waals surface area (Å²) in [5.74, 6) is -1.65. The summed E-state index contributed by atoms with van der Waals surface area (Å²) in [5, 5.41) is 26.8. The van der Waals surface area contributed by atoms with Gasteiger partial charge in [0.1, 0.15) is 5.54 Å². The Kier molecular flexibility index (Phi) is 10.8. The van der Waals surface area contributed by atoms with E-state index in [4.69, 9.17) is 5.84 Å². The van der Waals surface area contributed by atoms with Crippen molar-refractivity contribution in [2.45, 2.75) is 44.1 Å². The number of para-hydroxylation sites is 1. The Bertz CT molecular complexity index is 2040. The van der Waals surface area contributed by atoms with Gasteiger partial charge in [0.25, 0.3) is 11.6 Å². The van der Waals surface area contributed by atoms with Gasteiger partial charge in [0, 0.05) is 12.2 Å². The number of imide groups is 1. The molecule has 0 bridgehead atoms. The molecule has 4 aromatic carbocycles. The number of ketones is 1. The Balaban J connectivity index is 1.73. The summed E-state index contributed by atoms with van der Waals surface area (Å²) in [4.78, 5) is 86.0. The Morgan fingerprint density at radius 3 is 1.96 bits per heavy atom. The van der Waals surface area contributed by atoms with Gasteiger partial charge < -0.3 is 26.3 Å². The standard InChI is InChI=1S/C39H38N6O8/c1-25(46)39(36(51)52,44(31-12-8-5-9-13-31)34(49)32(41-3)22-33(47)48)45-35(50)38(2,30-20-16-26(17-21-30)23-42-40)43(37(45)53)24-27-14-18-29(19-15-27)28-10-6-4-7-11-28/h4-21,23,32,41H,22,24,40H2,1-3H3,(H,47,48)(H,51,52)/t32?,38-,39+/m1/s1. The van der Waals surface area contributed by atoms with Gasteiger partial charge >= 0.3 is 18.0 Å². The highest BCUT2D eigenvalue weighted by atomic mass is 16.4. The summed E-state index contributed by atoms with van der Waals surface area (Å²) < 4.78 is 0. The zero-order chi connectivity index (χ0) is 38.5. The van der Waals surface area contributed by atoms with Crippen LogP contribution in [0.25, 0.3) is 11.1 Å². The number of urea groups is 1. The summed E-state index contributed by atoms with van der Waals surface area (Å²) in [6.45, 7) is 2.07. The van der Waals surface area contributed by atoms with E-state index in [0.29, 0.717) is 20.9 Å². The van der Waals surface area contributed by atoms with Crippen molar-refractivity contribution >= 4 is 47.5 Å². The topological polar surface area (TPSA) is 203 Å². The maximum atomic E-state index is 15.1. The van der Waals surface area contributed by atoms with E-state index in [1.54, 1.807) is 42.5 Å². The molecule has 1 saturated heterocycles. The van der Waals surface area contributed by atoms with Crippen LogP contribution in [0.2, 0.25) is 0 Å². The van der Waals surface area contributed by atoms with E-state index in [2.05, 4.69) is 10.4 Å². The fourth-order valence-electron chi connectivity index (χ4n) is 6.57. The van der Waals surface area contributed by atoms with Crippen LogP contribution in [0.15, 0.2) is 114 Å².